The fraction of sp³-hybridized carbons (Fsp3) is 0.800. The van der Waals surface area contributed by atoms with E-state index in [1.54, 1.807) is 0 Å². The van der Waals surface area contributed by atoms with Gasteiger partial charge >= 0.3 is 0 Å². The van der Waals surface area contributed by atoms with Crippen molar-refractivity contribution >= 4 is 8.30 Å². The second kappa shape index (κ2) is 6.53. The molecule has 0 radical (unpaired) electrons. The number of hydrogen-bond donors (Lipinski definition) is 1. The highest BCUT2D eigenvalue weighted by atomic mass is 31.2. The third kappa shape index (κ3) is 4.75. The Morgan fingerprint density at radius 3 is 2.85 bits per heavy atom. The number of hydrogen-bond acceptors (Lipinski definition) is 2. The third-order valence-electron chi connectivity index (χ3n) is 2.44. The van der Waals surface area contributed by atoms with Gasteiger partial charge in [0.15, 0.2) is 0 Å². The quantitative estimate of drug-likeness (QED) is 0.527. The van der Waals surface area contributed by atoms with E-state index in [1.807, 2.05) is 6.08 Å². The Morgan fingerprint density at radius 1 is 1.54 bits per heavy atom. The lowest BCUT2D eigenvalue weighted by Crippen LogP contribution is -2.11. The summed E-state index contributed by atoms with van der Waals surface area (Å²) in [5, 5.41) is 3.28. The van der Waals surface area contributed by atoms with Gasteiger partial charge in [-0.05, 0) is 25.4 Å². The van der Waals surface area contributed by atoms with Crippen LogP contribution in [-0.4, -0.2) is 19.8 Å². The lowest BCUT2D eigenvalue weighted by molar-refractivity contribution is 0.274. The Balaban J connectivity index is 1.99. The summed E-state index contributed by atoms with van der Waals surface area (Å²) in [6, 6.07) is 0. The van der Waals surface area contributed by atoms with Crippen molar-refractivity contribution in [3.05, 3.63) is 12.7 Å². The van der Waals surface area contributed by atoms with Crippen molar-refractivity contribution in [2.45, 2.75) is 25.7 Å². The molecule has 1 aliphatic rings. The first-order valence-corrected chi connectivity index (χ1v) is 6.74. The van der Waals surface area contributed by atoms with Crippen LogP contribution in [0.2, 0.25) is 0 Å². The Bertz CT molecular complexity index is 146. The van der Waals surface area contributed by atoms with Gasteiger partial charge in [0.25, 0.3) is 0 Å². The minimum Gasteiger partial charge on any atom is -0.344 e. The molecule has 0 aromatic carbocycles. The Labute approximate surface area is 82.6 Å². The van der Waals surface area contributed by atoms with Crippen LogP contribution in [0.1, 0.15) is 25.7 Å². The fourth-order valence-corrected chi connectivity index (χ4v) is 2.54. The van der Waals surface area contributed by atoms with Crippen LogP contribution in [0, 0.1) is 5.92 Å². The van der Waals surface area contributed by atoms with Crippen molar-refractivity contribution in [2.75, 3.05) is 19.8 Å². The minimum atomic E-state index is -0.424. The average Bonchev–Trinajstić information content (AvgIpc) is 2.64. The van der Waals surface area contributed by atoms with E-state index in [9.17, 15) is 0 Å². The molecule has 0 spiro atoms. The molecule has 1 N–H and O–H groups in total. The first-order chi connectivity index (χ1) is 6.33. The van der Waals surface area contributed by atoms with Crippen LogP contribution in [0.25, 0.3) is 0 Å². The van der Waals surface area contributed by atoms with E-state index in [-0.39, 0.29) is 0 Å². The van der Waals surface area contributed by atoms with Gasteiger partial charge in [-0.15, -0.1) is 6.58 Å². The Hall–Kier alpha value is 0.0900. The molecule has 1 rings (SSSR count). The standard InChI is InChI=1S/C10H20NOP/c1-3-8-11-13(2)12-9-10-6-4-5-7-10/h3,10-11H,1,4-9H2,2H3. The summed E-state index contributed by atoms with van der Waals surface area (Å²) < 4.78 is 5.73. The molecule has 1 atom stereocenters. The second-order valence-corrected chi connectivity index (χ2v) is 5.16. The van der Waals surface area contributed by atoms with Gasteiger partial charge in [0.1, 0.15) is 0 Å². The molecule has 1 fully saturated rings. The molecule has 0 amide bonds. The predicted molar refractivity (Wildman–Crippen MR) is 59.0 cm³/mol. The molecule has 13 heavy (non-hydrogen) atoms. The summed E-state index contributed by atoms with van der Waals surface area (Å²) in [6.07, 6.45) is 7.40. The van der Waals surface area contributed by atoms with Crippen molar-refractivity contribution in [1.82, 2.24) is 5.09 Å². The number of rotatable bonds is 6. The van der Waals surface area contributed by atoms with Crippen LogP contribution < -0.4 is 5.09 Å². The van der Waals surface area contributed by atoms with Crippen LogP contribution >= 0.6 is 8.30 Å². The predicted octanol–water partition coefficient (Wildman–Crippen LogP) is 2.91. The zero-order valence-electron chi connectivity index (χ0n) is 8.46. The summed E-state index contributed by atoms with van der Waals surface area (Å²) in [6.45, 7) is 7.59. The molecular formula is C10H20NOP. The molecular weight excluding hydrogens is 181 g/mol. The molecule has 0 aromatic rings. The van der Waals surface area contributed by atoms with Crippen molar-refractivity contribution in [1.29, 1.82) is 0 Å². The molecule has 3 heteroatoms. The largest absolute Gasteiger partial charge is 0.344 e. The lowest BCUT2D eigenvalue weighted by atomic mass is 10.1. The minimum absolute atomic E-state index is 0.424. The van der Waals surface area contributed by atoms with E-state index in [4.69, 9.17) is 4.52 Å². The van der Waals surface area contributed by atoms with Crippen LogP contribution in [0.4, 0.5) is 0 Å². The maximum atomic E-state index is 5.73. The van der Waals surface area contributed by atoms with E-state index >= 15 is 0 Å². The first-order valence-electron chi connectivity index (χ1n) is 5.04. The summed E-state index contributed by atoms with van der Waals surface area (Å²) >= 11 is 0. The van der Waals surface area contributed by atoms with Gasteiger partial charge in [0.2, 0.25) is 0 Å². The van der Waals surface area contributed by atoms with Crippen molar-refractivity contribution in [3.8, 4) is 0 Å². The second-order valence-electron chi connectivity index (χ2n) is 3.59. The first kappa shape index (κ1) is 11.2. The fourth-order valence-electron chi connectivity index (χ4n) is 1.63. The molecule has 1 aliphatic carbocycles. The highest BCUT2D eigenvalue weighted by Crippen LogP contribution is 2.31. The third-order valence-corrected chi connectivity index (χ3v) is 3.60. The van der Waals surface area contributed by atoms with Crippen LogP contribution in [0.5, 0.6) is 0 Å². The Kier molecular flexibility index (Phi) is 5.61. The van der Waals surface area contributed by atoms with E-state index in [0.717, 1.165) is 19.1 Å². The van der Waals surface area contributed by atoms with Gasteiger partial charge < -0.3 is 4.52 Å². The highest BCUT2D eigenvalue weighted by Gasteiger charge is 2.15. The molecule has 0 saturated heterocycles. The average molecular weight is 201 g/mol. The monoisotopic (exact) mass is 201 g/mol. The van der Waals surface area contributed by atoms with Crippen molar-refractivity contribution in [3.63, 3.8) is 0 Å². The maximum absolute atomic E-state index is 5.73. The van der Waals surface area contributed by atoms with Gasteiger partial charge in [-0.2, -0.15) is 0 Å². The van der Waals surface area contributed by atoms with Gasteiger partial charge in [0.05, 0.1) is 14.9 Å². The van der Waals surface area contributed by atoms with Crippen LogP contribution in [-0.2, 0) is 4.52 Å². The summed E-state index contributed by atoms with van der Waals surface area (Å²) in [4.78, 5) is 0. The topological polar surface area (TPSA) is 21.3 Å². The lowest BCUT2D eigenvalue weighted by Gasteiger charge is -2.15. The van der Waals surface area contributed by atoms with E-state index in [0.29, 0.717) is 0 Å². The normalized spacial score (nSPS) is 20.4. The van der Waals surface area contributed by atoms with Gasteiger partial charge in [-0.1, -0.05) is 18.9 Å². The maximum Gasteiger partial charge on any atom is 0.0981 e. The molecule has 1 unspecified atom stereocenters. The smallest absolute Gasteiger partial charge is 0.0981 e. The molecule has 76 valence electrons. The van der Waals surface area contributed by atoms with Crippen LogP contribution in [0.15, 0.2) is 12.7 Å². The molecule has 0 heterocycles. The van der Waals surface area contributed by atoms with Gasteiger partial charge in [-0.3, -0.25) is 5.09 Å². The Morgan fingerprint density at radius 2 is 2.23 bits per heavy atom. The van der Waals surface area contributed by atoms with Crippen molar-refractivity contribution in [2.24, 2.45) is 5.92 Å². The molecule has 1 saturated carbocycles. The van der Waals surface area contributed by atoms with E-state index < -0.39 is 8.30 Å². The number of nitrogens with one attached hydrogen (secondary N) is 1. The molecule has 0 aliphatic heterocycles. The summed E-state index contributed by atoms with van der Waals surface area (Å²) in [5.74, 6) is 0.829. The molecule has 0 bridgehead atoms. The van der Waals surface area contributed by atoms with Crippen LogP contribution in [0.3, 0.4) is 0 Å². The van der Waals surface area contributed by atoms with E-state index in [2.05, 4.69) is 18.3 Å². The summed E-state index contributed by atoms with van der Waals surface area (Å²) in [5.41, 5.74) is 0. The van der Waals surface area contributed by atoms with Crippen molar-refractivity contribution < 1.29 is 4.52 Å². The SMILES string of the molecule is C=CCNP(C)OCC1CCCC1. The van der Waals surface area contributed by atoms with Gasteiger partial charge in [0, 0.05) is 6.54 Å². The zero-order chi connectivity index (χ0) is 9.52. The van der Waals surface area contributed by atoms with Gasteiger partial charge in [-0.25, -0.2) is 0 Å². The van der Waals surface area contributed by atoms with E-state index in [1.165, 1.54) is 25.7 Å². The molecule has 2 nitrogen and oxygen atoms in total. The zero-order valence-corrected chi connectivity index (χ0v) is 9.35. The summed E-state index contributed by atoms with van der Waals surface area (Å²) in [7, 11) is -0.424. The molecule has 0 aromatic heterocycles. The highest BCUT2D eigenvalue weighted by molar-refractivity contribution is 7.49.